The second-order valence-corrected chi connectivity index (χ2v) is 9.45. The van der Waals surface area contributed by atoms with Crippen molar-refractivity contribution in [1.82, 2.24) is 9.62 Å². The summed E-state index contributed by atoms with van der Waals surface area (Å²) in [6.45, 7) is 5.94. The summed E-state index contributed by atoms with van der Waals surface area (Å²) >= 11 is 0. The van der Waals surface area contributed by atoms with Gasteiger partial charge in [0.15, 0.2) is 0 Å². The first-order chi connectivity index (χ1) is 12.1. The Kier molecular flexibility index (Phi) is 6.63. The van der Waals surface area contributed by atoms with Crippen molar-refractivity contribution in [2.75, 3.05) is 13.1 Å². The minimum Gasteiger partial charge on any atom is -0.444 e. The maximum absolute atomic E-state index is 13.0. The first-order valence-electron chi connectivity index (χ1n) is 8.78. The van der Waals surface area contributed by atoms with Crippen LogP contribution in [0.3, 0.4) is 0 Å². The predicted octanol–water partition coefficient (Wildman–Crippen LogP) is 3.03. The Labute approximate surface area is 154 Å². The zero-order chi connectivity index (χ0) is 19.4. The third-order valence-electron chi connectivity index (χ3n) is 4.07. The van der Waals surface area contributed by atoms with Gasteiger partial charge < -0.3 is 10.1 Å². The van der Waals surface area contributed by atoms with Crippen LogP contribution in [0.5, 0.6) is 0 Å². The van der Waals surface area contributed by atoms with E-state index < -0.39 is 27.5 Å². The summed E-state index contributed by atoms with van der Waals surface area (Å²) in [5.41, 5.74) is -0.0684. The van der Waals surface area contributed by atoms with Crippen LogP contribution in [0.25, 0.3) is 0 Å². The molecule has 8 heteroatoms. The lowest BCUT2D eigenvalue weighted by Crippen LogP contribution is -2.50. The van der Waals surface area contributed by atoms with Crippen LogP contribution in [-0.2, 0) is 20.5 Å². The normalized spacial score (nSPS) is 19.2. The number of hydrogen-bond acceptors (Lipinski definition) is 4. The molecule has 0 spiro atoms. The number of benzene rings is 1. The molecule has 1 aliphatic heterocycles. The summed E-state index contributed by atoms with van der Waals surface area (Å²) in [4.78, 5) is 11.8. The fourth-order valence-corrected chi connectivity index (χ4v) is 4.75. The van der Waals surface area contributed by atoms with Crippen molar-refractivity contribution in [2.24, 2.45) is 0 Å². The molecule has 2 rings (SSSR count). The second kappa shape index (κ2) is 8.35. The van der Waals surface area contributed by atoms with Gasteiger partial charge in [0.05, 0.1) is 5.75 Å². The van der Waals surface area contributed by atoms with E-state index in [2.05, 4.69) is 5.32 Å². The summed E-state index contributed by atoms with van der Waals surface area (Å²) in [6.07, 6.45) is 1.81. The Morgan fingerprint density at radius 2 is 1.92 bits per heavy atom. The van der Waals surface area contributed by atoms with E-state index in [0.717, 1.165) is 12.8 Å². The van der Waals surface area contributed by atoms with Crippen LogP contribution in [0.15, 0.2) is 24.3 Å². The Bertz CT molecular complexity index is 714. The highest BCUT2D eigenvalue weighted by Gasteiger charge is 2.32. The van der Waals surface area contributed by atoms with Gasteiger partial charge in [-0.3, -0.25) is 0 Å². The highest BCUT2D eigenvalue weighted by molar-refractivity contribution is 7.88. The van der Waals surface area contributed by atoms with E-state index in [1.54, 1.807) is 20.8 Å². The average molecular weight is 386 g/mol. The lowest BCUT2D eigenvalue weighted by atomic mass is 10.1. The summed E-state index contributed by atoms with van der Waals surface area (Å²) in [7, 11) is -3.56. The van der Waals surface area contributed by atoms with Gasteiger partial charge in [0, 0.05) is 19.1 Å². The van der Waals surface area contributed by atoms with E-state index in [0.29, 0.717) is 18.5 Å². The molecule has 1 fully saturated rings. The van der Waals surface area contributed by atoms with E-state index in [9.17, 15) is 17.6 Å². The van der Waals surface area contributed by atoms with Gasteiger partial charge in [0.2, 0.25) is 10.0 Å². The van der Waals surface area contributed by atoms with Gasteiger partial charge >= 0.3 is 6.09 Å². The molecule has 1 unspecified atom stereocenters. The summed E-state index contributed by atoms with van der Waals surface area (Å²) < 4.78 is 45.3. The summed E-state index contributed by atoms with van der Waals surface area (Å²) in [5, 5.41) is 2.67. The van der Waals surface area contributed by atoms with E-state index in [-0.39, 0.29) is 18.3 Å². The van der Waals surface area contributed by atoms with Crippen molar-refractivity contribution < 1.29 is 22.3 Å². The molecule has 6 nitrogen and oxygen atoms in total. The van der Waals surface area contributed by atoms with Crippen molar-refractivity contribution >= 4 is 16.1 Å². The minimum atomic E-state index is -3.56. The van der Waals surface area contributed by atoms with Gasteiger partial charge in [-0.25, -0.2) is 17.6 Å². The Morgan fingerprint density at radius 3 is 2.54 bits per heavy atom. The smallest absolute Gasteiger partial charge is 0.407 e. The molecule has 1 heterocycles. The molecule has 0 saturated carbocycles. The number of alkyl carbamates (subject to hydrolysis) is 1. The van der Waals surface area contributed by atoms with Gasteiger partial charge in [-0.05, 0) is 51.3 Å². The maximum atomic E-state index is 13.0. The molecule has 1 N–H and O–H groups in total. The molecular weight excluding hydrogens is 359 g/mol. The second-order valence-electron chi connectivity index (χ2n) is 7.53. The number of carbonyl (C=O) groups excluding carboxylic acids is 1. The SMILES string of the molecule is CC(C)(C)OC(=O)NCC1CCCCN1S(=O)(=O)Cc1ccc(F)cc1. The number of sulfonamides is 1. The molecule has 1 aliphatic rings. The van der Waals surface area contributed by atoms with Crippen molar-refractivity contribution in [3.63, 3.8) is 0 Å². The van der Waals surface area contributed by atoms with Gasteiger partial charge in [0.1, 0.15) is 11.4 Å². The van der Waals surface area contributed by atoms with Gasteiger partial charge in [-0.15, -0.1) is 0 Å². The van der Waals surface area contributed by atoms with E-state index in [1.165, 1.54) is 28.6 Å². The standard InChI is InChI=1S/C18H27FN2O4S/c1-18(2,3)25-17(22)20-12-16-6-4-5-11-21(16)26(23,24)13-14-7-9-15(19)10-8-14/h7-10,16H,4-6,11-13H2,1-3H3,(H,20,22). The topological polar surface area (TPSA) is 75.7 Å². The fourth-order valence-electron chi connectivity index (χ4n) is 2.93. The number of piperidine rings is 1. The minimum absolute atomic E-state index is 0.184. The Morgan fingerprint density at radius 1 is 1.27 bits per heavy atom. The number of halogens is 1. The lowest BCUT2D eigenvalue weighted by Gasteiger charge is -2.35. The Balaban J connectivity index is 2.02. The molecule has 1 saturated heterocycles. The lowest BCUT2D eigenvalue weighted by molar-refractivity contribution is 0.0512. The molecule has 1 aromatic carbocycles. The van der Waals surface area contributed by atoms with Crippen LogP contribution in [-0.4, -0.2) is 43.5 Å². The van der Waals surface area contributed by atoms with E-state index in [1.807, 2.05) is 0 Å². The fraction of sp³-hybridized carbons (Fsp3) is 0.611. The predicted molar refractivity (Wildman–Crippen MR) is 97.6 cm³/mol. The van der Waals surface area contributed by atoms with Crippen LogP contribution in [0.1, 0.15) is 45.6 Å². The molecule has 1 atom stereocenters. The highest BCUT2D eigenvalue weighted by Crippen LogP contribution is 2.23. The number of nitrogens with zero attached hydrogens (tertiary/aromatic N) is 1. The van der Waals surface area contributed by atoms with Crippen LogP contribution in [0, 0.1) is 5.82 Å². The molecule has 146 valence electrons. The van der Waals surface area contributed by atoms with Crippen molar-refractivity contribution in [2.45, 2.75) is 57.4 Å². The first kappa shape index (κ1) is 20.6. The van der Waals surface area contributed by atoms with Gasteiger partial charge in [-0.2, -0.15) is 4.31 Å². The Hall–Kier alpha value is -1.67. The highest BCUT2D eigenvalue weighted by atomic mass is 32.2. The molecule has 0 aliphatic carbocycles. The number of hydrogen-bond donors (Lipinski definition) is 1. The van der Waals surface area contributed by atoms with Crippen molar-refractivity contribution in [3.05, 3.63) is 35.6 Å². The molecule has 0 aromatic heterocycles. The molecule has 1 amide bonds. The number of amides is 1. The molecule has 0 bridgehead atoms. The van der Waals surface area contributed by atoms with Gasteiger partial charge in [0.25, 0.3) is 0 Å². The first-order valence-corrected chi connectivity index (χ1v) is 10.4. The number of nitrogens with one attached hydrogen (secondary N) is 1. The van der Waals surface area contributed by atoms with Crippen LogP contribution >= 0.6 is 0 Å². The third kappa shape index (κ3) is 6.25. The monoisotopic (exact) mass is 386 g/mol. The van der Waals surface area contributed by atoms with Crippen molar-refractivity contribution in [3.8, 4) is 0 Å². The molecule has 0 radical (unpaired) electrons. The van der Waals surface area contributed by atoms with E-state index in [4.69, 9.17) is 4.74 Å². The maximum Gasteiger partial charge on any atom is 0.407 e. The molecular formula is C18H27FN2O4S. The number of carbonyl (C=O) groups is 1. The summed E-state index contributed by atoms with van der Waals surface area (Å²) in [6, 6.07) is 5.16. The van der Waals surface area contributed by atoms with Crippen LogP contribution < -0.4 is 5.32 Å². The zero-order valence-corrected chi connectivity index (χ0v) is 16.3. The van der Waals surface area contributed by atoms with Crippen LogP contribution in [0.2, 0.25) is 0 Å². The summed E-state index contributed by atoms with van der Waals surface area (Å²) in [5.74, 6) is -0.584. The number of ether oxygens (including phenoxy) is 1. The van der Waals surface area contributed by atoms with Crippen molar-refractivity contribution in [1.29, 1.82) is 0 Å². The zero-order valence-electron chi connectivity index (χ0n) is 15.5. The van der Waals surface area contributed by atoms with E-state index >= 15 is 0 Å². The molecule has 1 aromatic rings. The average Bonchev–Trinajstić information content (AvgIpc) is 2.53. The van der Waals surface area contributed by atoms with Crippen LogP contribution in [0.4, 0.5) is 9.18 Å². The largest absolute Gasteiger partial charge is 0.444 e. The molecule has 26 heavy (non-hydrogen) atoms. The quantitative estimate of drug-likeness (QED) is 0.844. The third-order valence-corrected chi connectivity index (χ3v) is 5.97. The number of rotatable bonds is 5. The van der Waals surface area contributed by atoms with Gasteiger partial charge in [-0.1, -0.05) is 18.6 Å².